The second kappa shape index (κ2) is 12.9. The third-order valence-electron chi connectivity index (χ3n) is 6.43. The molecule has 1 unspecified atom stereocenters. The summed E-state index contributed by atoms with van der Waals surface area (Å²) < 4.78 is 11.3. The summed E-state index contributed by atoms with van der Waals surface area (Å²) in [6.07, 6.45) is 1.55. The van der Waals surface area contributed by atoms with Crippen LogP contribution in [0.3, 0.4) is 0 Å². The van der Waals surface area contributed by atoms with Gasteiger partial charge in [0.15, 0.2) is 18.8 Å². The maximum absolute atomic E-state index is 13.7. The number of thiophene rings is 1. The van der Waals surface area contributed by atoms with Gasteiger partial charge in [-0.2, -0.15) is 0 Å². The molecule has 2 heterocycles. The van der Waals surface area contributed by atoms with E-state index in [1.54, 1.807) is 30.4 Å². The molecule has 39 heavy (non-hydrogen) atoms. The van der Waals surface area contributed by atoms with Crippen LogP contribution in [0.5, 0.6) is 5.75 Å². The smallest absolute Gasteiger partial charge is 0.333 e. The standard InChI is InChI=1S/C29H36N3O6S/c1-7-38-28(35)25-22-19-23(30(5)36)24(37-6)18-20(22)14-16-31(25)26(33)27(34)32(29(2,3)4)15-10-8-9-12-21-13-11-17-39-21/h11,13,17-19,25H,7-8,10,14-16H2,1-6H3/q+1. The minimum absolute atomic E-state index is 0.103. The van der Waals surface area contributed by atoms with Gasteiger partial charge in [0, 0.05) is 40.8 Å². The molecule has 10 heteroatoms. The number of carbonyl (C=O) groups excluding carboxylic acids is 3. The van der Waals surface area contributed by atoms with Crippen molar-refractivity contribution >= 4 is 34.8 Å². The maximum Gasteiger partial charge on any atom is 0.333 e. The topological polar surface area (TPSA) is 96.2 Å². The van der Waals surface area contributed by atoms with Crippen LogP contribution in [0, 0.1) is 16.7 Å². The molecule has 0 aliphatic carbocycles. The van der Waals surface area contributed by atoms with Crippen molar-refractivity contribution in [1.82, 2.24) is 9.80 Å². The lowest BCUT2D eigenvalue weighted by molar-refractivity contribution is -0.429. The van der Waals surface area contributed by atoms with Gasteiger partial charge in [0.05, 0.1) is 18.6 Å². The highest BCUT2D eigenvalue weighted by molar-refractivity contribution is 7.10. The number of fused-ring (bicyclic) bond motifs is 1. The minimum atomic E-state index is -1.16. The molecule has 1 aromatic heterocycles. The Morgan fingerprint density at radius 1 is 1.26 bits per heavy atom. The van der Waals surface area contributed by atoms with E-state index in [2.05, 4.69) is 11.8 Å². The molecule has 0 N–H and O–H groups in total. The van der Waals surface area contributed by atoms with Gasteiger partial charge in [-0.15, -0.1) is 11.3 Å². The van der Waals surface area contributed by atoms with E-state index in [9.17, 15) is 19.3 Å². The van der Waals surface area contributed by atoms with Crippen molar-refractivity contribution in [3.63, 3.8) is 0 Å². The third kappa shape index (κ3) is 7.03. The minimum Gasteiger partial charge on any atom is -0.490 e. The molecule has 0 bridgehead atoms. The lowest BCUT2D eigenvalue weighted by Crippen LogP contribution is -2.55. The highest BCUT2D eigenvalue weighted by atomic mass is 32.1. The number of ether oxygens (including phenoxy) is 2. The van der Waals surface area contributed by atoms with Gasteiger partial charge in [0.25, 0.3) is 5.69 Å². The SMILES string of the molecule is CCOC(=O)C1c2cc([N+](C)=O)c(OC)cc2CCN1C(=O)C(=O)N(CCCC#Cc1cccs1)C(C)(C)C. The van der Waals surface area contributed by atoms with Crippen LogP contribution < -0.4 is 4.74 Å². The van der Waals surface area contributed by atoms with Crippen LogP contribution in [0.2, 0.25) is 0 Å². The Bertz CT molecular complexity index is 1290. The Balaban J connectivity index is 1.88. The number of hydrogen-bond acceptors (Lipinski definition) is 7. The van der Waals surface area contributed by atoms with E-state index in [0.29, 0.717) is 41.9 Å². The molecule has 1 aliphatic heterocycles. The molecule has 1 aromatic carbocycles. The number of rotatable bonds is 7. The summed E-state index contributed by atoms with van der Waals surface area (Å²) in [5.74, 6) is 4.46. The van der Waals surface area contributed by atoms with Crippen LogP contribution in [-0.4, -0.2) is 71.7 Å². The number of benzene rings is 1. The maximum atomic E-state index is 13.7. The zero-order chi connectivity index (χ0) is 28.7. The molecule has 3 rings (SSSR count). The Morgan fingerprint density at radius 2 is 2.00 bits per heavy atom. The lowest BCUT2D eigenvalue weighted by Gasteiger charge is -2.39. The molecule has 1 aliphatic rings. The van der Waals surface area contributed by atoms with Crippen molar-refractivity contribution in [2.24, 2.45) is 0 Å². The Labute approximate surface area is 233 Å². The number of amides is 2. The van der Waals surface area contributed by atoms with E-state index < -0.39 is 29.4 Å². The fourth-order valence-corrected chi connectivity index (χ4v) is 5.14. The van der Waals surface area contributed by atoms with Gasteiger partial charge >= 0.3 is 17.8 Å². The number of methoxy groups -OCH3 is 1. The normalized spacial score (nSPS) is 14.5. The van der Waals surface area contributed by atoms with Gasteiger partial charge in [-0.3, -0.25) is 9.59 Å². The molecular formula is C29H36N3O6S+. The van der Waals surface area contributed by atoms with Gasteiger partial charge in [-0.1, -0.05) is 17.9 Å². The first-order chi connectivity index (χ1) is 18.5. The summed E-state index contributed by atoms with van der Waals surface area (Å²) in [4.78, 5) is 56.5. The molecule has 2 amide bonds. The van der Waals surface area contributed by atoms with E-state index in [4.69, 9.17) is 9.47 Å². The second-order valence-electron chi connectivity index (χ2n) is 10.1. The van der Waals surface area contributed by atoms with Gasteiger partial charge in [-0.25, -0.2) is 4.79 Å². The predicted octanol–water partition coefficient (Wildman–Crippen LogP) is 4.24. The van der Waals surface area contributed by atoms with Crippen molar-refractivity contribution in [1.29, 1.82) is 0 Å². The van der Waals surface area contributed by atoms with Gasteiger partial charge in [0.1, 0.15) is 0 Å². The molecule has 0 radical (unpaired) electrons. The van der Waals surface area contributed by atoms with E-state index in [1.807, 2.05) is 38.3 Å². The van der Waals surface area contributed by atoms with Crippen LogP contribution in [0.15, 0.2) is 29.6 Å². The third-order valence-corrected chi connectivity index (χ3v) is 7.22. The van der Waals surface area contributed by atoms with Crippen molar-refractivity contribution in [3.8, 4) is 17.6 Å². The van der Waals surface area contributed by atoms with Crippen LogP contribution in [-0.2, 0) is 25.5 Å². The quantitative estimate of drug-likeness (QED) is 0.167. The summed E-state index contributed by atoms with van der Waals surface area (Å²) in [7, 11) is 2.79. The number of carbonyl (C=O) groups is 3. The van der Waals surface area contributed by atoms with Gasteiger partial charge in [0.2, 0.25) is 0 Å². The Kier molecular flexibility index (Phi) is 9.86. The van der Waals surface area contributed by atoms with E-state index >= 15 is 0 Å². The van der Waals surface area contributed by atoms with Crippen LogP contribution in [0.4, 0.5) is 5.69 Å². The fourth-order valence-electron chi connectivity index (χ4n) is 4.54. The lowest BCUT2D eigenvalue weighted by atomic mass is 9.91. The molecule has 2 aromatic rings. The van der Waals surface area contributed by atoms with Crippen molar-refractivity contribution in [3.05, 3.63) is 50.6 Å². The van der Waals surface area contributed by atoms with E-state index in [1.165, 1.54) is 24.0 Å². The zero-order valence-corrected chi connectivity index (χ0v) is 24.2. The summed E-state index contributed by atoms with van der Waals surface area (Å²) in [6, 6.07) is 5.98. The van der Waals surface area contributed by atoms with Crippen molar-refractivity contribution < 1.29 is 28.6 Å². The molecule has 9 nitrogen and oxygen atoms in total. The Hall–Kier alpha value is -3.71. The van der Waals surface area contributed by atoms with Crippen molar-refractivity contribution in [2.45, 2.75) is 58.5 Å². The van der Waals surface area contributed by atoms with Crippen molar-refractivity contribution in [2.75, 3.05) is 33.9 Å². The summed E-state index contributed by atoms with van der Waals surface area (Å²) in [5, 5.41) is 1.97. The molecule has 1 atom stereocenters. The fraction of sp³-hybridized carbons (Fsp3) is 0.483. The number of nitroso groups, excluding NO2 is 1. The monoisotopic (exact) mass is 554 g/mol. The average molecular weight is 555 g/mol. The van der Waals surface area contributed by atoms with E-state index in [0.717, 1.165) is 10.4 Å². The number of nitrogens with zero attached hydrogens (tertiary/aromatic N) is 3. The molecule has 0 saturated heterocycles. The molecule has 0 spiro atoms. The van der Waals surface area contributed by atoms with Crippen LogP contribution >= 0.6 is 11.3 Å². The van der Waals surface area contributed by atoms with Crippen LogP contribution in [0.1, 0.15) is 62.6 Å². The first-order valence-electron chi connectivity index (χ1n) is 12.9. The highest BCUT2D eigenvalue weighted by Crippen LogP contribution is 2.38. The zero-order valence-electron chi connectivity index (χ0n) is 23.4. The molecule has 208 valence electrons. The van der Waals surface area contributed by atoms with Gasteiger partial charge in [-0.05, 0) is 69.2 Å². The number of hydrogen-bond donors (Lipinski definition) is 0. The average Bonchev–Trinajstić information content (AvgIpc) is 3.41. The van der Waals surface area contributed by atoms with E-state index in [-0.39, 0.29) is 18.8 Å². The number of unbranched alkanes of at least 4 members (excludes halogenated alkanes) is 1. The first-order valence-corrected chi connectivity index (χ1v) is 13.8. The van der Waals surface area contributed by atoms with Gasteiger partial charge < -0.3 is 19.3 Å². The molecule has 0 fully saturated rings. The summed E-state index contributed by atoms with van der Waals surface area (Å²) in [5.41, 5.74) is 0.785. The summed E-state index contributed by atoms with van der Waals surface area (Å²) >= 11 is 1.57. The predicted molar refractivity (Wildman–Crippen MR) is 149 cm³/mol. The molecular weight excluding hydrogens is 518 g/mol. The Morgan fingerprint density at radius 3 is 2.59 bits per heavy atom. The first kappa shape index (κ1) is 29.8. The van der Waals surface area contributed by atoms with Crippen LogP contribution in [0.25, 0.3) is 0 Å². The number of esters is 1. The second-order valence-corrected chi connectivity index (χ2v) is 11.1. The largest absolute Gasteiger partial charge is 0.490 e. The highest BCUT2D eigenvalue weighted by Gasteiger charge is 2.43. The summed E-state index contributed by atoms with van der Waals surface area (Å²) in [6.45, 7) is 7.86. The molecule has 0 saturated carbocycles.